The second-order valence-electron chi connectivity index (χ2n) is 5.05. The molecule has 6 nitrogen and oxygen atoms in total. The zero-order valence-electron chi connectivity index (χ0n) is 11.6. The number of hydrogen-bond donors (Lipinski definition) is 0. The van der Waals surface area contributed by atoms with Crippen molar-refractivity contribution in [3.8, 4) is 0 Å². The first kappa shape index (κ1) is 14.1. The van der Waals surface area contributed by atoms with Crippen LogP contribution in [0.25, 0.3) is 0 Å². The number of carbonyl (C=O) groups is 2. The highest BCUT2D eigenvalue weighted by Crippen LogP contribution is 2.09. The Bertz CT molecular complexity index is 321. The lowest BCUT2D eigenvalue weighted by Gasteiger charge is -2.34. The first-order chi connectivity index (χ1) is 9.20. The van der Waals surface area contributed by atoms with Gasteiger partial charge in [-0.3, -0.25) is 9.69 Å². The van der Waals surface area contributed by atoms with E-state index in [1.165, 1.54) is 0 Å². The number of likely N-dealkylation sites (tertiary alicyclic amines) is 1. The molecule has 108 valence electrons. The van der Waals surface area contributed by atoms with Gasteiger partial charge in [0.15, 0.2) is 0 Å². The summed E-state index contributed by atoms with van der Waals surface area (Å²) in [5.41, 5.74) is 0. The molecule has 0 aromatic carbocycles. The fraction of sp³-hybridized carbons (Fsp3) is 0.846. The molecule has 0 unspecified atom stereocenters. The maximum Gasteiger partial charge on any atom is 0.409 e. The zero-order chi connectivity index (χ0) is 13.7. The monoisotopic (exact) mass is 269 g/mol. The molecule has 2 aliphatic rings. The van der Waals surface area contributed by atoms with E-state index in [1.54, 1.807) is 4.90 Å². The normalized spacial score (nSPS) is 20.7. The van der Waals surface area contributed by atoms with Gasteiger partial charge in [0, 0.05) is 39.3 Å². The van der Waals surface area contributed by atoms with Crippen molar-refractivity contribution in [2.24, 2.45) is 0 Å². The van der Waals surface area contributed by atoms with Crippen LogP contribution in [0.15, 0.2) is 0 Å². The van der Waals surface area contributed by atoms with Crippen LogP contribution in [-0.2, 0) is 9.53 Å². The maximum atomic E-state index is 12.0. The highest BCUT2D eigenvalue weighted by atomic mass is 16.6. The van der Waals surface area contributed by atoms with E-state index in [0.717, 1.165) is 39.0 Å². The van der Waals surface area contributed by atoms with Gasteiger partial charge in [0.05, 0.1) is 13.2 Å². The lowest BCUT2D eigenvalue weighted by Crippen LogP contribution is -2.51. The molecule has 2 saturated heterocycles. The van der Waals surface area contributed by atoms with Crippen LogP contribution in [0.2, 0.25) is 0 Å². The number of carbonyl (C=O) groups excluding carboxylic acids is 2. The fourth-order valence-electron chi connectivity index (χ4n) is 2.56. The van der Waals surface area contributed by atoms with Gasteiger partial charge in [0.25, 0.3) is 0 Å². The third-order valence-electron chi connectivity index (χ3n) is 3.72. The minimum Gasteiger partial charge on any atom is -0.450 e. The summed E-state index contributed by atoms with van der Waals surface area (Å²) in [6.45, 7) is 7.30. The zero-order valence-corrected chi connectivity index (χ0v) is 11.6. The molecule has 2 heterocycles. The van der Waals surface area contributed by atoms with E-state index < -0.39 is 0 Å². The Morgan fingerprint density at radius 2 is 1.58 bits per heavy atom. The molecule has 19 heavy (non-hydrogen) atoms. The molecule has 0 atom stereocenters. The number of rotatable bonds is 3. The summed E-state index contributed by atoms with van der Waals surface area (Å²) < 4.78 is 4.97. The summed E-state index contributed by atoms with van der Waals surface area (Å²) in [5.74, 6) is 0.224. The topological polar surface area (TPSA) is 53.1 Å². The summed E-state index contributed by atoms with van der Waals surface area (Å²) in [7, 11) is 0. The van der Waals surface area contributed by atoms with E-state index in [-0.39, 0.29) is 12.0 Å². The van der Waals surface area contributed by atoms with Crippen molar-refractivity contribution in [2.75, 3.05) is 52.4 Å². The van der Waals surface area contributed by atoms with Gasteiger partial charge in [0.1, 0.15) is 0 Å². The Kier molecular flexibility index (Phi) is 5.01. The molecule has 2 fully saturated rings. The molecular weight excluding hydrogens is 246 g/mol. The van der Waals surface area contributed by atoms with Gasteiger partial charge in [-0.15, -0.1) is 0 Å². The third-order valence-corrected chi connectivity index (χ3v) is 3.72. The molecular formula is C13H23N3O3. The molecule has 0 aliphatic carbocycles. The van der Waals surface area contributed by atoms with E-state index in [4.69, 9.17) is 4.74 Å². The Labute approximate surface area is 114 Å². The summed E-state index contributed by atoms with van der Waals surface area (Å²) in [5, 5.41) is 0. The van der Waals surface area contributed by atoms with Crippen molar-refractivity contribution < 1.29 is 14.3 Å². The second-order valence-corrected chi connectivity index (χ2v) is 5.05. The van der Waals surface area contributed by atoms with Gasteiger partial charge < -0.3 is 14.5 Å². The molecule has 0 radical (unpaired) electrons. The number of hydrogen-bond acceptors (Lipinski definition) is 4. The largest absolute Gasteiger partial charge is 0.450 e. The molecule has 0 spiro atoms. The quantitative estimate of drug-likeness (QED) is 0.743. The van der Waals surface area contributed by atoms with Crippen molar-refractivity contribution in [2.45, 2.75) is 19.8 Å². The number of piperazine rings is 1. The molecule has 2 amide bonds. The molecule has 6 heteroatoms. The fourth-order valence-corrected chi connectivity index (χ4v) is 2.56. The summed E-state index contributed by atoms with van der Waals surface area (Å²) in [6, 6.07) is 0. The summed E-state index contributed by atoms with van der Waals surface area (Å²) in [6.07, 6.45) is 2.01. The van der Waals surface area contributed by atoms with E-state index >= 15 is 0 Å². The van der Waals surface area contributed by atoms with E-state index in [2.05, 4.69) is 4.90 Å². The standard InChI is InChI=1S/C13H23N3O3/c1-2-19-13(18)16-9-7-14(8-10-16)11-12(17)15-5-3-4-6-15/h2-11H2,1H3. The van der Waals surface area contributed by atoms with Gasteiger partial charge in [-0.1, -0.05) is 0 Å². The van der Waals surface area contributed by atoms with E-state index in [1.807, 2.05) is 11.8 Å². The number of ether oxygens (including phenoxy) is 1. The molecule has 0 saturated carbocycles. The van der Waals surface area contributed by atoms with Crippen molar-refractivity contribution >= 4 is 12.0 Å². The van der Waals surface area contributed by atoms with Crippen LogP contribution in [0, 0.1) is 0 Å². The molecule has 0 aromatic heterocycles. The van der Waals surface area contributed by atoms with Crippen LogP contribution < -0.4 is 0 Å². The molecule has 0 bridgehead atoms. The lowest BCUT2D eigenvalue weighted by molar-refractivity contribution is -0.131. The summed E-state index contributed by atoms with van der Waals surface area (Å²) >= 11 is 0. The first-order valence-corrected chi connectivity index (χ1v) is 7.12. The van der Waals surface area contributed by atoms with Crippen molar-refractivity contribution in [3.05, 3.63) is 0 Å². The molecule has 0 aromatic rings. The Balaban J connectivity index is 1.71. The molecule has 2 rings (SSSR count). The van der Waals surface area contributed by atoms with Crippen molar-refractivity contribution in [3.63, 3.8) is 0 Å². The number of nitrogens with zero attached hydrogens (tertiary/aromatic N) is 3. The third kappa shape index (κ3) is 3.83. The van der Waals surface area contributed by atoms with Gasteiger partial charge >= 0.3 is 6.09 Å². The highest BCUT2D eigenvalue weighted by Gasteiger charge is 2.25. The van der Waals surface area contributed by atoms with Gasteiger partial charge in [-0.2, -0.15) is 0 Å². The smallest absolute Gasteiger partial charge is 0.409 e. The highest BCUT2D eigenvalue weighted by molar-refractivity contribution is 5.78. The Morgan fingerprint density at radius 3 is 2.16 bits per heavy atom. The lowest BCUT2D eigenvalue weighted by atomic mass is 10.3. The van der Waals surface area contributed by atoms with Crippen LogP contribution in [-0.4, -0.2) is 79.1 Å². The SMILES string of the molecule is CCOC(=O)N1CCN(CC(=O)N2CCCC2)CC1. The minimum atomic E-state index is -0.243. The summed E-state index contributed by atoms with van der Waals surface area (Å²) in [4.78, 5) is 29.3. The average Bonchev–Trinajstić information content (AvgIpc) is 2.94. The number of amides is 2. The predicted molar refractivity (Wildman–Crippen MR) is 70.8 cm³/mol. The average molecular weight is 269 g/mol. The second kappa shape index (κ2) is 6.75. The first-order valence-electron chi connectivity index (χ1n) is 7.12. The van der Waals surface area contributed by atoms with E-state index in [9.17, 15) is 9.59 Å². The van der Waals surface area contributed by atoms with Gasteiger partial charge in [0.2, 0.25) is 5.91 Å². The van der Waals surface area contributed by atoms with E-state index in [0.29, 0.717) is 26.2 Å². The Morgan fingerprint density at radius 1 is 0.947 bits per heavy atom. The van der Waals surface area contributed by atoms with Crippen LogP contribution >= 0.6 is 0 Å². The Hall–Kier alpha value is -1.30. The van der Waals surface area contributed by atoms with Crippen molar-refractivity contribution in [1.82, 2.24) is 14.7 Å². The van der Waals surface area contributed by atoms with Gasteiger partial charge in [-0.25, -0.2) is 4.79 Å². The van der Waals surface area contributed by atoms with Crippen LogP contribution in [0.5, 0.6) is 0 Å². The molecule has 0 N–H and O–H groups in total. The van der Waals surface area contributed by atoms with Gasteiger partial charge in [-0.05, 0) is 19.8 Å². The van der Waals surface area contributed by atoms with Crippen LogP contribution in [0.1, 0.15) is 19.8 Å². The maximum absolute atomic E-state index is 12.0. The van der Waals surface area contributed by atoms with Crippen molar-refractivity contribution in [1.29, 1.82) is 0 Å². The molecule has 2 aliphatic heterocycles. The van der Waals surface area contributed by atoms with Crippen LogP contribution in [0.4, 0.5) is 4.79 Å². The minimum absolute atomic E-state index is 0.224. The predicted octanol–water partition coefficient (Wildman–Crippen LogP) is 0.383. The van der Waals surface area contributed by atoms with Crippen LogP contribution in [0.3, 0.4) is 0 Å².